The van der Waals surface area contributed by atoms with E-state index in [9.17, 15) is 14.7 Å². The Kier molecular flexibility index (Phi) is 8.05. The standard InChI is InChI=1S/C22H25ClO6/c1-22(2,3)29-20(24)14-27-18-9-7-15(8-10-18)12-19(21(25)26)28-13-16-5-4-6-17(23)11-16/h4-11,19H,12-14H2,1-3H3,(H,25,26). The van der Waals surface area contributed by atoms with Crippen LogP contribution in [0.25, 0.3) is 0 Å². The van der Waals surface area contributed by atoms with Crippen LogP contribution in [0.1, 0.15) is 31.9 Å². The van der Waals surface area contributed by atoms with Crippen molar-refractivity contribution in [2.24, 2.45) is 0 Å². The van der Waals surface area contributed by atoms with Gasteiger partial charge in [0, 0.05) is 11.4 Å². The lowest BCUT2D eigenvalue weighted by atomic mass is 10.1. The minimum Gasteiger partial charge on any atom is -0.482 e. The Morgan fingerprint density at radius 2 is 1.76 bits per heavy atom. The maximum Gasteiger partial charge on any atom is 0.344 e. The van der Waals surface area contributed by atoms with Crippen molar-refractivity contribution in [2.75, 3.05) is 6.61 Å². The van der Waals surface area contributed by atoms with Gasteiger partial charge in [-0.25, -0.2) is 9.59 Å². The zero-order valence-corrected chi connectivity index (χ0v) is 17.4. The second-order valence-electron chi connectivity index (χ2n) is 7.49. The van der Waals surface area contributed by atoms with E-state index in [2.05, 4.69) is 0 Å². The highest BCUT2D eigenvalue weighted by Gasteiger charge is 2.19. The summed E-state index contributed by atoms with van der Waals surface area (Å²) in [4.78, 5) is 23.2. The summed E-state index contributed by atoms with van der Waals surface area (Å²) >= 11 is 5.93. The molecule has 0 amide bonds. The van der Waals surface area contributed by atoms with Gasteiger partial charge < -0.3 is 19.3 Å². The fourth-order valence-corrected chi connectivity index (χ4v) is 2.70. The van der Waals surface area contributed by atoms with Gasteiger partial charge in [0.1, 0.15) is 11.4 Å². The molecule has 6 nitrogen and oxygen atoms in total. The Bertz CT molecular complexity index is 826. The van der Waals surface area contributed by atoms with E-state index in [0.29, 0.717) is 10.8 Å². The number of ether oxygens (including phenoxy) is 3. The van der Waals surface area contributed by atoms with Gasteiger partial charge in [-0.05, 0) is 56.2 Å². The van der Waals surface area contributed by atoms with Gasteiger partial charge in [0.25, 0.3) is 0 Å². The van der Waals surface area contributed by atoms with Crippen molar-refractivity contribution in [2.45, 2.75) is 45.5 Å². The van der Waals surface area contributed by atoms with E-state index < -0.39 is 23.6 Å². The summed E-state index contributed by atoms with van der Waals surface area (Å²) in [5.41, 5.74) is 1.00. The lowest BCUT2D eigenvalue weighted by Crippen LogP contribution is -2.27. The maximum absolute atomic E-state index is 11.7. The van der Waals surface area contributed by atoms with Gasteiger partial charge >= 0.3 is 11.9 Å². The second-order valence-corrected chi connectivity index (χ2v) is 7.93. The van der Waals surface area contributed by atoms with Crippen LogP contribution in [0, 0.1) is 0 Å². The third-order valence-corrected chi connectivity index (χ3v) is 3.97. The van der Waals surface area contributed by atoms with E-state index in [-0.39, 0.29) is 19.6 Å². The number of carboxylic acids is 1. The number of carbonyl (C=O) groups excluding carboxylic acids is 1. The van der Waals surface area contributed by atoms with E-state index in [1.807, 2.05) is 6.07 Å². The van der Waals surface area contributed by atoms with Crippen molar-refractivity contribution < 1.29 is 28.9 Å². The predicted octanol–water partition coefficient (Wildman–Crippen LogP) is 4.27. The summed E-state index contributed by atoms with van der Waals surface area (Å²) < 4.78 is 16.1. The van der Waals surface area contributed by atoms with Gasteiger partial charge in [0.15, 0.2) is 12.7 Å². The molecule has 29 heavy (non-hydrogen) atoms. The summed E-state index contributed by atoms with van der Waals surface area (Å²) in [6.07, 6.45) is -0.801. The molecule has 0 aliphatic carbocycles. The molecule has 0 saturated carbocycles. The molecular formula is C22H25ClO6. The highest BCUT2D eigenvalue weighted by atomic mass is 35.5. The van der Waals surface area contributed by atoms with E-state index in [4.69, 9.17) is 25.8 Å². The van der Waals surface area contributed by atoms with E-state index in [1.54, 1.807) is 63.2 Å². The lowest BCUT2D eigenvalue weighted by Gasteiger charge is -2.19. The third kappa shape index (κ3) is 8.54. The van der Waals surface area contributed by atoms with Crippen molar-refractivity contribution in [1.82, 2.24) is 0 Å². The molecule has 156 valence electrons. The van der Waals surface area contributed by atoms with Crippen LogP contribution < -0.4 is 4.74 Å². The van der Waals surface area contributed by atoms with Crippen molar-refractivity contribution in [3.8, 4) is 5.75 Å². The van der Waals surface area contributed by atoms with Gasteiger partial charge in [-0.15, -0.1) is 0 Å². The molecule has 1 N–H and O–H groups in total. The summed E-state index contributed by atoms with van der Waals surface area (Å²) in [6, 6.07) is 13.9. The Morgan fingerprint density at radius 3 is 2.34 bits per heavy atom. The van der Waals surface area contributed by atoms with Crippen LogP contribution in [0.4, 0.5) is 0 Å². The monoisotopic (exact) mass is 420 g/mol. The Labute approximate surface area is 175 Å². The summed E-state index contributed by atoms with van der Waals surface area (Å²) in [5.74, 6) is -1.01. The molecule has 0 aromatic heterocycles. The first-order valence-corrected chi connectivity index (χ1v) is 9.52. The largest absolute Gasteiger partial charge is 0.482 e. The molecular weight excluding hydrogens is 396 g/mol. The van der Waals surface area contributed by atoms with Gasteiger partial charge in [-0.1, -0.05) is 35.9 Å². The first-order valence-electron chi connectivity index (χ1n) is 9.15. The van der Waals surface area contributed by atoms with Crippen LogP contribution in [0.5, 0.6) is 5.75 Å². The van der Waals surface area contributed by atoms with Crippen molar-refractivity contribution in [3.05, 3.63) is 64.7 Å². The van der Waals surface area contributed by atoms with Crippen molar-refractivity contribution >= 4 is 23.5 Å². The molecule has 2 aromatic rings. The number of hydrogen-bond donors (Lipinski definition) is 1. The SMILES string of the molecule is CC(C)(C)OC(=O)COc1ccc(CC(OCc2cccc(Cl)c2)C(=O)O)cc1. The van der Waals surface area contributed by atoms with Crippen LogP contribution in [-0.2, 0) is 32.1 Å². The maximum atomic E-state index is 11.7. The molecule has 0 aliphatic rings. The number of benzene rings is 2. The van der Waals surface area contributed by atoms with E-state index in [1.165, 1.54) is 0 Å². The summed E-state index contributed by atoms with van der Waals surface area (Å²) in [5, 5.41) is 10.0. The fraction of sp³-hybridized carbons (Fsp3) is 0.364. The van der Waals surface area contributed by atoms with E-state index in [0.717, 1.165) is 11.1 Å². The highest BCUT2D eigenvalue weighted by molar-refractivity contribution is 6.30. The van der Waals surface area contributed by atoms with Gasteiger partial charge in [0.05, 0.1) is 6.61 Å². The molecule has 0 radical (unpaired) electrons. The molecule has 0 bridgehead atoms. The minimum absolute atomic E-state index is 0.147. The lowest BCUT2D eigenvalue weighted by molar-refractivity contribution is -0.157. The number of halogens is 1. The Morgan fingerprint density at radius 1 is 1.07 bits per heavy atom. The van der Waals surface area contributed by atoms with Crippen LogP contribution in [0.2, 0.25) is 5.02 Å². The van der Waals surface area contributed by atoms with Crippen molar-refractivity contribution in [1.29, 1.82) is 0 Å². The molecule has 0 heterocycles. The van der Waals surface area contributed by atoms with Gasteiger partial charge in [-0.3, -0.25) is 0 Å². The Balaban J connectivity index is 1.88. The number of esters is 1. The van der Waals surface area contributed by atoms with Crippen molar-refractivity contribution in [3.63, 3.8) is 0 Å². The molecule has 7 heteroatoms. The highest BCUT2D eigenvalue weighted by Crippen LogP contribution is 2.17. The average molecular weight is 421 g/mol. The van der Waals surface area contributed by atoms with Gasteiger partial charge in [-0.2, -0.15) is 0 Å². The smallest absolute Gasteiger partial charge is 0.344 e. The van der Waals surface area contributed by atoms with Crippen LogP contribution in [-0.4, -0.2) is 35.4 Å². The molecule has 0 fully saturated rings. The second kappa shape index (κ2) is 10.3. The average Bonchev–Trinajstić information content (AvgIpc) is 2.63. The molecule has 2 rings (SSSR count). The van der Waals surface area contributed by atoms with E-state index >= 15 is 0 Å². The number of carboxylic acid groups (broad SMARTS) is 1. The van der Waals surface area contributed by atoms with Crippen LogP contribution in [0.15, 0.2) is 48.5 Å². The zero-order chi connectivity index (χ0) is 21.4. The number of hydrogen-bond acceptors (Lipinski definition) is 5. The first-order chi connectivity index (χ1) is 13.6. The van der Waals surface area contributed by atoms with Crippen LogP contribution >= 0.6 is 11.6 Å². The summed E-state index contributed by atoms with van der Waals surface area (Å²) in [6.45, 7) is 5.30. The molecule has 0 aliphatic heterocycles. The molecule has 0 saturated heterocycles. The fourth-order valence-electron chi connectivity index (χ4n) is 2.49. The summed E-state index contributed by atoms with van der Waals surface area (Å²) in [7, 11) is 0. The number of carbonyl (C=O) groups is 2. The quantitative estimate of drug-likeness (QED) is 0.610. The zero-order valence-electron chi connectivity index (χ0n) is 16.7. The molecule has 1 unspecified atom stereocenters. The Hall–Kier alpha value is -2.57. The normalized spacial score (nSPS) is 12.3. The molecule has 2 aromatic carbocycles. The third-order valence-electron chi connectivity index (χ3n) is 3.74. The molecule has 1 atom stereocenters. The first kappa shape index (κ1) is 22.7. The molecule has 0 spiro atoms. The number of aliphatic carboxylic acids is 1. The topological polar surface area (TPSA) is 82.1 Å². The minimum atomic E-state index is -1.04. The predicted molar refractivity (Wildman–Crippen MR) is 109 cm³/mol. The van der Waals surface area contributed by atoms with Crippen LogP contribution in [0.3, 0.4) is 0 Å². The van der Waals surface area contributed by atoms with Gasteiger partial charge in [0.2, 0.25) is 0 Å². The number of rotatable bonds is 9.